The van der Waals surface area contributed by atoms with Gasteiger partial charge in [-0.3, -0.25) is 0 Å². The van der Waals surface area contributed by atoms with Crippen molar-refractivity contribution in [2.24, 2.45) is 0 Å². The molecule has 0 radical (unpaired) electrons. The fourth-order valence-corrected chi connectivity index (χ4v) is 2.00. The van der Waals surface area contributed by atoms with Gasteiger partial charge in [-0.15, -0.1) is 11.8 Å². The number of rotatable bonds is 7. The Kier molecular flexibility index (Phi) is 10.9. The van der Waals surface area contributed by atoms with Gasteiger partial charge in [-0.2, -0.15) is 11.8 Å². The molecular formula is C9H18S2. The third kappa shape index (κ3) is 10.4. The number of hydrogen-bond acceptors (Lipinski definition) is 2. The maximum absolute atomic E-state index is 2.26. The molecule has 0 aliphatic rings. The van der Waals surface area contributed by atoms with Crippen molar-refractivity contribution in [1.82, 2.24) is 0 Å². The molecule has 0 aliphatic heterocycles. The van der Waals surface area contributed by atoms with Crippen LogP contribution in [0.2, 0.25) is 0 Å². The van der Waals surface area contributed by atoms with Crippen LogP contribution in [0.25, 0.3) is 0 Å². The lowest BCUT2D eigenvalue weighted by molar-refractivity contribution is 1.11. The maximum atomic E-state index is 2.26. The van der Waals surface area contributed by atoms with Crippen LogP contribution in [0, 0.1) is 0 Å². The summed E-state index contributed by atoms with van der Waals surface area (Å²) in [4.78, 5) is 0. The fraction of sp³-hybridized carbons (Fsp3) is 0.778. The summed E-state index contributed by atoms with van der Waals surface area (Å²) in [6, 6.07) is 0. The van der Waals surface area contributed by atoms with E-state index in [2.05, 4.69) is 25.3 Å². The Bertz CT molecular complexity index is 89.6. The van der Waals surface area contributed by atoms with Crippen molar-refractivity contribution >= 4 is 23.5 Å². The molecule has 0 aromatic carbocycles. The molecule has 11 heavy (non-hydrogen) atoms. The molecule has 0 bridgehead atoms. The molecule has 0 spiro atoms. The van der Waals surface area contributed by atoms with Crippen molar-refractivity contribution in [2.45, 2.75) is 26.7 Å². The Balaban J connectivity index is 2.91. The third-order valence-electron chi connectivity index (χ3n) is 1.08. The molecule has 0 rings (SSSR count). The van der Waals surface area contributed by atoms with E-state index in [4.69, 9.17) is 0 Å². The van der Waals surface area contributed by atoms with E-state index in [0.717, 1.165) is 0 Å². The van der Waals surface area contributed by atoms with Crippen LogP contribution in [-0.2, 0) is 0 Å². The highest BCUT2D eigenvalue weighted by Crippen LogP contribution is 2.06. The lowest BCUT2D eigenvalue weighted by Crippen LogP contribution is -1.75. The summed E-state index contributed by atoms with van der Waals surface area (Å²) in [6.45, 7) is 4.44. The molecule has 0 N–H and O–H groups in total. The zero-order valence-electron chi connectivity index (χ0n) is 7.51. The number of hydrogen-bond donors (Lipinski definition) is 0. The lowest BCUT2D eigenvalue weighted by atomic mass is 10.6. The first-order chi connectivity index (χ1) is 5.41. The highest BCUT2D eigenvalue weighted by atomic mass is 32.2. The van der Waals surface area contributed by atoms with Crippen molar-refractivity contribution in [3.63, 3.8) is 0 Å². The van der Waals surface area contributed by atoms with E-state index in [1.807, 2.05) is 23.5 Å². The molecule has 0 fully saturated rings. The molecule has 0 unspecified atom stereocenters. The summed E-state index contributed by atoms with van der Waals surface area (Å²) in [7, 11) is 0. The van der Waals surface area contributed by atoms with Gasteiger partial charge in [-0.05, 0) is 29.8 Å². The van der Waals surface area contributed by atoms with Crippen LogP contribution in [0.4, 0.5) is 0 Å². The fourth-order valence-electron chi connectivity index (χ4n) is 0.589. The summed E-state index contributed by atoms with van der Waals surface area (Å²) in [6.07, 6.45) is 4.83. The van der Waals surface area contributed by atoms with Crippen molar-refractivity contribution in [2.75, 3.05) is 17.3 Å². The van der Waals surface area contributed by atoms with Gasteiger partial charge >= 0.3 is 0 Å². The van der Waals surface area contributed by atoms with Gasteiger partial charge in [0.15, 0.2) is 0 Å². The minimum atomic E-state index is 1.19. The van der Waals surface area contributed by atoms with E-state index in [1.165, 1.54) is 30.1 Å². The quantitative estimate of drug-likeness (QED) is 0.560. The Labute approximate surface area is 79.2 Å². The Morgan fingerprint density at radius 2 is 1.82 bits per heavy atom. The van der Waals surface area contributed by atoms with E-state index in [-0.39, 0.29) is 0 Å². The molecule has 0 saturated heterocycles. The van der Waals surface area contributed by atoms with E-state index in [0.29, 0.717) is 0 Å². The second-order valence-corrected chi connectivity index (χ2v) is 4.48. The predicted octanol–water partition coefficient (Wildman–Crippen LogP) is 3.79. The molecule has 0 amide bonds. The summed E-state index contributed by atoms with van der Waals surface area (Å²) < 4.78 is 0. The third-order valence-corrected chi connectivity index (χ3v) is 3.23. The monoisotopic (exact) mass is 190 g/mol. The Hall–Kier alpha value is 0.440. The molecule has 0 aromatic heterocycles. The first kappa shape index (κ1) is 11.4. The van der Waals surface area contributed by atoms with Crippen LogP contribution >= 0.6 is 23.5 Å². The van der Waals surface area contributed by atoms with Gasteiger partial charge in [0.25, 0.3) is 0 Å². The van der Waals surface area contributed by atoms with Crippen molar-refractivity contribution in [3.05, 3.63) is 11.5 Å². The van der Waals surface area contributed by atoms with Gasteiger partial charge in [0, 0.05) is 5.75 Å². The van der Waals surface area contributed by atoms with Crippen LogP contribution in [0.15, 0.2) is 11.5 Å². The molecule has 0 aliphatic carbocycles. The highest BCUT2D eigenvalue weighted by molar-refractivity contribution is 8.02. The average molecular weight is 190 g/mol. The lowest BCUT2D eigenvalue weighted by Gasteiger charge is -1.92. The van der Waals surface area contributed by atoms with Crippen LogP contribution in [0.1, 0.15) is 26.7 Å². The second kappa shape index (κ2) is 10.4. The standard InChI is InChI=1S/C9H18S2/c1-3-6-10-8-5-9-11-7-4-2/h5,8H,3-4,6-7,9H2,1-2H3. The highest BCUT2D eigenvalue weighted by Gasteiger charge is 1.81. The maximum Gasteiger partial charge on any atom is 0.0121 e. The molecule has 66 valence electrons. The SMILES string of the molecule is CCCSC=CCSCCC. The Morgan fingerprint density at radius 1 is 1.09 bits per heavy atom. The molecule has 0 nitrogen and oxygen atoms in total. The second-order valence-electron chi connectivity index (χ2n) is 2.32. The zero-order chi connectivity index (χ0) is 8.36. The van der Waals surface area contributed by atoms with Crippen LogP contribution < -0.4 is 0 Å². The van der Waals surface area contributed by atoms with Gasteiger partial charge in [0.1, 0.15) is 0 Å². The van der Waals surface area contributed by atoms with E-state index < -0.39 is 0 Å². The molecule has 0 aromatic rings. The summed E-state index contributed by atoms with van der Waals surface area (Å²) in [5.41, 5.74) is 0. The zero-order valence-corrected chi connectivity index (χ0v) is 9.14. The predicted molar refractivity (Wildman–Crippen MR) is 59.5 cm³/mol. The minimum Gasteiger partial charge on any atom is -0.158 e. The molecule has 0 atom stereocenters. The largest absolute Gasteiger partial charge is 0.158 e. The normalized spacial score (nSPS) is 11.1. The first-order valence-corrected chi connectivity index (χ1v) is 6.46. The van der Waals surface area contributed by atoms with Crippen LogP contribution in [-0.4, -0.2) is 17.3 Å². The smallest absolute Gasteiger partial charge is 0.0121 e. The minimum absolute atomic E-state index is 1.19. The Morgan fingerprint density at radius 3 is 2.45 bits per heavy atom. The van der Waals surface area contributed by atoms with E-state index >= 15 is 0 Å². The van der Waals surface area contributed by atoms with E-state index in [1.54, 1.807) is 0 Å². The molecule has 0 saturated carbocycles. The van der Waals surface area contributed by atoms with Crippen molar-refractivity contribution in [1.29, 1.82) is 0 Å². The van der Waals surface area contributed by atoms with Gasteiger partial charge in [-0.25, -0.2) is 0 Å². The summed E-state index contributed by atoms with van der Waals surface area (Å²) in [5, 5.41) is 2.23. The van der Waals surface area contributed by atoms with Crippen molar-refractivity contribution < 1.29 is 0 Å². The summed E-state index contributed by atoms with van der Waals surface area (Å²) >= 11 is 3.93. The van der Waals surface area contributed by atoms with Crippen LogP contribution in [0.3, 0.4) is 0 Å². The van der Waals surface area contributed by atoms with Crippen molar-refractivity contribution in [3.8, 4) is 0 Å². The van der Waals surface area contributed by atoms with Crippen LogP contribution in [0.5, 0.6) is 0 Å². The topological polar surface area (TPSA) is 0 Å². The average Bonchev–Trinajstić information content (AvgIpc) is 2.03. The number of thioether (sulfide) groups is 2. The summed E-state index contributed by atoms with van der Waals surface area (Å²) in [5.74, 6) is 3.74. The van der Waals surface area contributed by atoms with Gasteiger partial charge in [-0.1, -0.05) is 19.9 Å². The molecule has 2 heteroatoms. The molecule has 0 heterocycles. The van der Waals surface area contributed by atoms with Gasteiger partial charge in [0.05, 0.1) is 0 Å². The van der Waals surface area contributed by atoms with E-state index in [9.17, 15) is 0 Å². The molecular weight excluding hydrogens is 172 g/mol. The van der Waals surface area contributed by atoms with Gasteiger partial charge in [0.2, 0.25) is 0 Å². The van der Waals surface area contributed by atoms with Gasteiger partial charge < -0.3 is 0 Å². The first-order valence-electron chi connectivity index (χ1n) is 4.26.